The first kappa shape index (κ1) is 18.1. The van der Waals surface area contributed by atoms with Gasteiger partial charge in [-0.1, -0.05) is 31.1 Å². The molecule has 0 aliphatic heterocycles. The molecular formula is C19H24FNO3S. The number of nitrogens with one attached hydrogen (secondary N) is 1. The average Bonchev–Trinajstić information content (AvgIpc) is 3.07. The lowest BCUT2D eigenvalue weighted by atomic mass is 9.90. The van der Waals surface area contributed by atoms with Gasteiger partial charge in [0.1, 0.15) is 10.6 Å². The maximum Gasteiger partial charge on any atom is 0.241 e. The molecule has 0 spiro atoms. The molecule has 1 aromatic carbocycles. The van der Waals surface area contributed by atoms with E-state index in [2.05, 4.69) is 11.4 Å². The smallest absolute Gasteiger partial charge is 0.241 e. The largest absolute Gasteiger partial charge is 0.352 e. The molecule has 0 bridgehead atoms. The summed E-state index contributed by atoms with van der Waals surface area (Å²) in [5.74, 6) is -0.593. The fourth-order valence-electron chi connectivity index (χ4n) is 3.92. The summed E-state index contributed by atoms with van der Waals surface area (Å²) in [5, 5.41) is 2.97. The normalized spacial score (nSPS) is 23.1. The molecule has 0 radical (unpaired) electrons. The van der Waals surface area contributed by atoms with Crippen molar-refractivity contribution in [3.05, 3.63) is 41.7 Å². The Kier molecular flexibility index (Phi) is 5.00. The zero-order valence-corrected chi connectivity index (χ0v) is 15.2. The van der Waals surface area contributed by atoms with Gasteiger partial charge < -0.3 is 5.32 Å². The Labute approximate surface area is 148 Å². The van der Waals surface area contributed by atoms with E-state index < -0.39 is 14.6 Å². The van der Waals surface area contributed by atoms with Crippen molar-refractivity contribution in [2.24, 2.45) is 0 Å². The van der Waals surface area contributed by atoms with Crippen LogP contribution in [0.1, 0.15) is 50.5 Å². The highest BCUT2D eigenvalue weighted by Crippen LogP contribution is 2.37. The fourth-order valence-corrected chi connectivity index (χ4v) is 5.35. The molecule has 1 aromatic rings. The third-order valence-electron chi connectivity index (χ3n) is 5.50. The van der Waals surface area contributed by atoms with Crippen LogP contribution in [-0.2, 0) is 14.6 Å². The fraction of sp³-hybridized carbons (Fsp3) is 0.526. The van der Waals surface area contributed by atoms with E-state index in [1.54, 1.807) is 12.1 Å². The highest BCUT2D eigenvalue weighted by molar-refractivity contribution is 7.92. The van der Waals surface area contributed by atoms with Gasteiger partial charge in [0.15, 0.2) is 9.84 Å². The first-order valence-electron chi connectivity index (χ1n) is 8.77. The number of carbonyl (C=O) groups is 1. The molecule has 0 aromatic heterocycles. The van der Waals surface area contributed by atoms with Gasteiger partial charge in [-0.25, -0.2) is 12.8 Å². The second-order valence-corrected chi connectivity index (χ2v) is 9.48. The third kappa shape index (κ3) is 3.64. The molecule has 1 saturated carbocycles. The van der Waals surface area contributed by atoms with Crippen molar-refractivity contribution >= 4 is 21.3 Å². The van der Waals surface area contributed by atoms with Crippen LogP contribution in [0.25, 0.3) is 5.57 Å². The van der Waals surface area contributed by atoms with Crippen molar-refractivity contribution in [2.75, 3.05) is 6.26 Å². The van der Waals surface area contributed by atoms with Crippen LogP contribution >= 0.6 is 0 Å². The van der Waals surface area contributed by atoms with Gasteiger partial charge in [-0.2, -0.15) is 0 Å². The lowest BCUT2D eigenvalue weighted by Crippen LogP contribution is -2.53. The van der Waals surface area contributed by atoms with E-state index in [4.69, 9.17) is 0 Å². The summed E-state index contributed by atoms with van der Waals surface area (Å²) in [6.45, 7) is 0. The summed E-state index contributed by atoms with van der Waals surface area (Å²) in [6.07, 6.45) is 7.83. The summed E-state index contributed by atoms with van der Waals surface area (Å²) in [5.41, 5.74) is 2.14. The van der Waals surface area contributed by atoms with E-state index >= 15 is 0 Å². The van der Waals surface area contributed by atoms with Crippen molar-refractivity contribution < 1.29 is 17.6 Å². The standard InChI is InChI=1S/C19H24FNO3S/c1-25(23,24)19(12-2-3-13-19)18(22)21-17-10-6-15(7-11-17)14-4-8-16(20)9-5-14/h4-6,8-9,17H,2-3,7,10-13H2,1H3,(H,21,22). The van der Waals surface area contributed by atoms with Crippen molar-refractivity contribution in [1.82, 2.24) is 5.32 Å². The molecule has 6 heteroatoms. The molecule has 136 valence electrons. The third-order valence-corrected chi connectivity index (χ3v) is 7.51. The Hall–Kier alpha value is -1.69. The molecule has 0 heterocycles. The summed E-state index contributed by atoms with van der Waals surface area (Å²) in [4.78, 5) is 12.7. The molecule has 1 N–H and O–H groups in total. The van der Waals surface area contributed by atoms with E-state index in [0.29, 0.717) is 19.3 Å². The predicted octanol–water partition coefficient (Wildman–Crippen LogP) is 3.24. The molecule has 4 nitrogen and oxygen atoms in total. The minimum absolute atomic E-state index is 0.0454. The van der Waals surface area contributed by atoms with E-state index in [0.717, 1.165) is 36.8 Å². The van der Waals surface area contributed by atoms with Crippen LogP contribution in [-0.4, -0.2) is 31.4 Å². The van der Waals surface area contributed by atoms with E-state index in [-0.39, 0.29) is 17.8 Å². The topological polar surface area (TPSA) is 63.2 Å². The summed E-state index contributed by atoms with van der Waals surface area (Å²) >= 11 is 0. The molecule has 1 fully saturated rings. The zero-order valence-electron chi connectivity index (χ0n) is 14.4. The van der Waals surface area contributed by atoms with Gasteiger partial charge in [0.25, 0.3) is 0 Å². The molecule has 3 rings (SSSR count). The van der Waals surface area contributed by atoms with Gasteiger partial charge in [-0.3, -0.25) is 4.79 Å². The lowest BCUT2D eigenvalue weighted by molar-refractivity contribution is -0.124. The molecule has 1 amide bonds. The summed E-state index contributed by atoms with van der Waals surface area (Å²) in [6, 6.07) is 6.37. The Bertz CT molecular complexity index is 777. The predicted molar refractivity (Wildman–Crippen MR) is 96.2 cm³/mol. The van der Waals surface area contributed by atoms with E-state index in [1.807, 2.05) is 0 Å². The Morgan fingerprint density at radius 1 is 1.20 bits per heavy atom. The zero-order chi connectivity index (χ0) is 18.1. The number of sulfone groups is 1. The molecule has 25 heavy (non-hydrogen) atoms. The SMILES string of the molecule is CS(=O)(=O)C1(C(=O)NC2CC=C(c3ccc(F)cc3)CC2)CCCC1. The van der Waals surface area contributed by atoms with E-state index in [9.17, 15) is 17.6 Å². The van der Waals surface area contributed by atoms with Gasteiger partial charge in [0.05, 0.1) is 0 Å². The molecule has 1 atom stereocenters. The van der Waals surface area contributed by atoms with Gasteiger partial charge in [0.2, 0.25) is 5.91 Å². The number of allylic oxidation sites excluding steroid dienone is 1. The van der Waals surface area contributed by atoms with Gasteiger partial charge >= 0.3 is 0 Å². The number of amides is 1. The highest BCUT2D eigenvalue weighted by atomic mass is 32.2. The second kappa shape index (κ2) is 6.90. The van der Waals surface area contributed by atoms with Crippen molar-refractivity contribution in [3.63, 3.8) is 0 Å². The van der Waals surface area contributed by atoms with Gasteiger partial charge in [-0.05, 0) is 55.4 Å². The number of carbonyl (C=O) groups excluding carboxylic acids is 1. The van der Waals surface area contributed by atoms with Crippen LogP contribution in [0, 0.1) is 5.82 Å². The van der Waals surface area contributed by atoms with Crippen LogP contribution < -0.4 is 5.32 Å². The van der Waals surface area contributed by atoms with Crippen molar-refractivity contribution in [1.29, 1.82) is 0 Å². The highest BCUT2D eigenvalue weighted by Gasteiger charge is 2.50. The van der Waals surface area contributed by atoms with Crippen molar-refractivity contribution in [3.8, 4) is 0 Å². The van der Waals surface area contributed by atoms with Crippen molar-refractivity contribution in [2.45, 2.75) is 55.7 Å². The molecule has 2 aliphatic rings. The molecule has 1 unspecified atom stereocenters. The minimum atomic E-state index is -3.43. The van der Waals surface area contributed by atoms with Crippen LogP contribution in [0.3, 0.4) is 0 Å². The number of rotatable bonds is 4. The first-order valence-corrected chi connectivity index (χ1v) is 10.7. The Morgan fingerprint density at radius 3 is 2.36 bits per heavy atom. The molecule has 2 aliphatic carbocycles. The van der Waals surface area contributed by atoms with Gasteiger partial charge in [0, 0.05) is 12.3 Å². The lowest BCUT2D eigenvalue weighted by Gasteiger charge is -2.30. The van der Waals surface area contributed by atoms with Crippen LogP contribution in [0.2, 0.25) is 0 Å². The number of benzene rings is 1. The number of hydrogen-bond donors (Lipinski definition) is 1. The van der Waals surface area contributed by atoms with Gasteiger partial charge in [-0.15, -0.1) is 0 Å². The molecular weight excluding hydrogens is 341 g/mol. The van der Waals surface area contributed by atoms with Crippen LogP contribution in [0.4, 0.5) is 4.39 Å². The number of halogens is 1. The average molecular weight is 365 g/mol. The summed E-state index contributed by atoms with van der Waals surface area (Å²) in [7, 11) is -3.43. The quantitative estimate of drug-likeness (QED) is 0.891. The maximum absolute atomic E-state index is 13.0. The van der Waals surface area contributed by atoms with Crippen LogP contribution in [0.5, 0.6) is 0 Å². The Balaban J connectivity index is 1.67. The maximum atomic E-state index is 13.0. The minimum Gasteiger partial charge on any atom is -0.352 e. The first-order chi connectivity index (χ1) is 11.8. The Morgan fingerprint density at radius 2 is 1.84 bits per heavy atom. The van der Waals surface area contributed by atoms with E-state index in [1.165, 1.54) is 18.4 Å². The summed E-state index contributed by atoms with van der Waals surface area (Å²) < 4.78 is 36.2. The molecule has 0 saturated heterocycles. The monoisotopic (exact) mass is 365 g/mol. The number of hydrogen-bond acceptors (Lipinski definition) is 3. The van der Waals surface area contributed by atoms with Crippen LogP contribution in [0.15, 0.2) is 30.3 Å². The second-order valence-electron chi connectivity index (χ2n) is 7.15.